The van der Waals surface area contributed by atoms with E-state index in [9.17, 15) is 4.79 Å². The van der Waals surface area contributed by atoms with Gasteiger partial charge in [0.05, 0.1) is 0 Å². The van der Waals surface area contributed by atoms with Crippen LogP contribution in [-0.2, 0) is 6.42 Å². The van der Waals surface area contributed by atoms with Gasteiger partial charge in [-0.1, -0.05) is 26.0 Å². The lowest BCUT2D eigenvalue weighted by atomic mass is 10.0. The summed E-state index contributed by atoms with van der Waals surface area (Å²) in [5, 5.41) is 2.77. The van der Waals surface area contributed by atoms with Gasteiger partial charge in [-0.2, -0.15) is 0 Å². The quantitative estimate of drug-likeness (QED) is 0.907. The lowest BCUT2D eigenvalue weighted by molar-refractivity contribution is 0.102. The number of amides is 1. The minimum atomic E-state index is -0.143. The number of benzene rings is 1. The first-order valence-electron chi connectivity index (χ1n) is 6.56. The van der Waals surface area contributed by atoms with Gasteiger partial charge >= 0.3 is 0 Å². The van der Waals surface area contributed by atoms with Crippen LogP contribution in [0.2, 0.25) is 0 Å². The van der Waals surface area contributed by atoms with Crippen molar-refractivity contribution in [1.29, 1.82) is 0 Å². The van der Waals surface area contributed by atoms with Crippen LogP contribution in [-0.4, -0.2) is 10.9 Å². The molecule has 0 unspecified atom stereocenters. The summed E-state index contributed by atoms with van der Waals surface area (Å²) < 4.78 is 0.883. The Morgan fingerprint density at radius 3 is 2.45 bits per heavy atom. The summed E-state index contributed by atoms with van der Waals surface area (Å²) in [6, 6.07) is 11.3. The van der Waals surface area contributed by atoms with Crippen LogP contribution in [0.4, 0.5) is 5.82 Å². The molecule has 0 radical (unpaired) electrons. The molecule has 0 saturated heterocycles. The van der Waals surface area contributed by atoms with Crippen molar-refractivity contribution in [2.45, 2.75) is 20.3 Å². The largest absolute Gasteiger partial charge is 0.307 e. The van der Waals surface area contributed by atoms with Crippen molar-refractivity contribution >= 4 is 27.7 Å². The molecule has 0 fully saturated rings. The Bertz CT molecular complexity index is 576. The van der Waals surface area contributed by atoms with E-state index >= 15 is 0 Å². The van der Waals surface area contributed by atoms with Crippen molar-refractivity contribution in [2.75, 3.05) is 5.32 Å². The monoisotopic (exact) mass is 332 g/mol. The van der Waals surface area contributed by atoms with E-state index in [4.69, 9.17) is 0 Å². The van der Waals surface area contributed by atoms with Gasteiger partial charge in [0.1, 0.15) is 5.82 Å². The van der Waals surface area contributed by atoms with E-state index in [1.807, 2.05) is 30.3 Å². The fourth-order valence-electron chi connectivity index (χ4n) is 1.90. The molecule has 0 saturated carbocycles. The molecule has 1 N–H and O–H groups in total. The molecule has 2 aromatic rings. The summed E-state index contributed by atoms with van der Waals surface area (Å²) in [6.45, 7) is 4.36. The van der Waals surface area contributed by atoms with Crippen molar-refractivity contribution in [1.82, 2.24) is 4.98 Å². The Hall–Kier alpha value is -1.68. The second-order valence-corrected chi connectivity index (χ2v) is 6.03. The minimum absolute atomic E-state index is 0.143. The Balaban J connectivity index is 2.03. The molecule has 1 aromatic heterocycles. The zero-order valence-electron chi connectivity index (χ0n) is 11.6. The molecule has 3 nitrogen and oxygen atoms in total. The molecular formula is C16H17BrN2O. The molecule has 1 heterocycles. The summed E-state index contributed by atoms with van der Waals surface area (Å²) in [7, 11) is 0. The van der Waals surface area contributed by atoms with Crippen LogP contribution in [0.15, 0.2) is 47.1 Å². The molecule has 1 aromatic carbocycles. The standard InChI is InChI=1S/C16H17BrN2O/c1-11(2)9-12-3-5-13(6-4-12)16(20)19-15-8-7-14(17)10-18-15/h3-8,10-11H,9H2,1-2H3,(H,18,19,20). The topological polar surface area (TPSA) is 42.0 Å². The molecule has 2 rings (SSSR count). The molecular weight excluding hydrogens is 316 g/mol. The van der Waals surface area contributed by atoms with Crippen molar-refractivity contribution in [3.8, 4) is 0 Å². The Labute approximate surface area is 127 Å². The smallest absolute Gasteiger partial charge is 0.256 e. The molecule has 0 aliphatic heterocycles. The van der Waals surface area contributed by atoms with Gasteiger partial charge in [0.15, 0.2) is 0 Å². The maximum absolute atomic E-state index is 12.1. The fourth-order valence-corrected chi connectivity index (χ4v) is 2.14. The van der Waals surface area contributed by atoms with Crippen LogP contribution in [0, 0.1) is 5.92 Å². The summed E-state index contributed by atoms with van der Waals surface area (Å²) in [6.07, 6.45) is 2.68. The van der Waals surface area contributed by atoms with Gasteiger partial charge < -0.3 is 5.32 Å². The number of pyridine rings is 1. The summed E-state index contributed by atoms with van der Waals surface area (Å²) in [4.78, 5) is 16.2. The van der Waals surface area contributed by atoms with E-state index in [-0.39, 0.29) is 5.91 Å². The van der Waals surface area contributed by atoms with Crippen LogP contribution >= 0.6 is 15.9 Å². The van der Waals surface area contributed by atoms with Gasteiger partial charge in [0, 0.05) is 16.2 Å². The molecule has 0 aliphatic rings. The first kappa shape index (κ1) is 14.7. The average Bonchev–Trinajstić information content (AvgIpc) is 2.41. The number of hydrogen-bond donors (Lipinski definition) is 1. The van der Waals surface area contributed by atoms with Crippen molar-refractivity contribution in [3.63, 3.8) is 0 Å². The number of rotatable bonds is 4. The van der Waals surface area contributed by atoms with E-state index in [0.29, 0.717) is 17.3 Å². The molecule has 4 heteroatoms. The fraction of sp³-hybridized carbons (Fsp3) is 0.250. The SMILES string of the molecule is CC(C)Cc1ccc(C(=O)Nc2ccc(Br)cn2)cc1. The number of nitrogens with zero attached hydrogens (tertiary/aromatic N) is 1. The van der Waals surface area contributed by atoms with E-state index in [0.717, 1.165) is 10.9 Å². The van der Waals surface area contributed by atoms with Crippen LogP contribution in [0.25, 0.3) is 0 Å². The summed E-state index contributed by atoms with van der Waals surface area (Å²) in [5.74, 6) is 1.02. The zero-order valence-corrected chi connectivity index (χ0v) is 13.1. The van der Waals surface area contributed by atoms with Crippen LogP contribution < -0.4 is 5.32 Å². The maximum Gasteiger partial charge on any atom is 0.256 e. The van der Waals surface area contributed by atoms with Gasteiger partial charge in [-0.05, 0) is 58.1 Å². The first-order valence-corrected chi connectivity index (χ1v) is 7.36. The Morgan fingerprint density at radius 2 is 1.90 bits per heavy atom. The van der Waals surface area contributed by atoms with Gasteiger partial charge in [0.2, 0.25) is 0 Å². The van der Waals surface area contributed by atoms with Crippen LogP contribution in [0.3, 0.4) is 0 Å². The van der Waals surface area contributed by atoms with Gasteiger partial charge in [0.25, 0.3) is 5.91 Å². The van der Waals surface area contributed by atoms with E-state index in [1.54, 1.807) is 12.3 Å². The highest BCUT2D eigenvalue weighted by Gasteiger charge is 2.07. The van der Waals surface area contributed by atoms with Crippen molar-refractivity contribution < 1.29 is 4.79 Å². The van der Waals surface area contributed by atoms with Gasteiger partial charge in [-0.25, -0.2) is 4.98 Å². The highest BCUT2D eigenvalue weighted by atomic mass is 79.9. The Morgan fingerprint density at radius 1 is 1.20 bits per heavy atom. The highest BCUT2D eigenvalue weighted by Crippen LogP contribution is 2.13. The number of aromatic nitrogens is 1. The molecule has 104 valence electrons. The number of carbonyl (C=O) groups is 1. The van der Waals surface area contributed by atoms with Crippen LogP contribution in [0.5, 0.6) is 0 Å². The second kappa shape index (κ2) is 6.66. The normalized spacial score (nSPS) is 10.6. The third-order valence-corrected chi connectivity index (χ3v) is 3.30. The van der Waals surface area contributed by atoms with E-state index < -0.39 is 0 Å². The number of anilines is 1. The lowest BCUT2D eigenvalue weighted by Crippen LogP contribution is -2.12. The third-order valence-electron chi connectivity index (χ3n) is 2.83. The minimum Gasteiger partial charge on any atom is -0.307 e. The van der Waals surface area contributed by atoms with E-state index in [1.165, 1.54) is 5.56 Å². The van der Waals surface area contributed by atoms with Crippen molar-refractivity contribution in [3.05, 3.63) is 58.2 Å². The molecule has 0 spiro atoms. The van der Waals surface area contributed by atoms with Gasteiger partial charge in [-0.3, -0.25) is 4.79 Å². The second-order valence-electron chi connectivity index (χ2n) is 5.11. The number of carbonyl (C=O) groups excluding carboxylic acids is 1. The third kappa shape index (κ3) is 4.17. The summed E-state index contributed by atoms with van der Waals surface area (Å²) >= 11 is 3.31. The molecule has 0 bridgehead atoms. The molecule has 1 amide bonds. The molecule has 0 atom stereocenters. The number of nitrogens with one attached hydrogen (secondary N) is 1. The highest BCUT2D eigenvalue weighted by molar-refractivity contribution is 9.10. The number of halogens is 1. The van der Waals surface area contributed by atoms with Crippen LogP contribution in [0.1, 0.15) is 29.8 Å². The summed E-state index contributed by atoms with van der Waals surface area (Å²) in [5.41, 5.74) is 1.89. The van der Waals surface area contributed by atoms with Gasteiger partial charge in [-0.15, -0.1) is 0 Å². The number of hydrogen-bond acceptors (Lipinski definition) is 2. The first-order chi connectivity index (χ1) is 9.54. The predicted molar refractivity (Wildman–Crippen MR) is 84.9 cm³/mol. The Kier molecular flexibility index (Phi) is 4.90. The molecule has 20 heavy (non-hydrogen) atoms. The van der Waals surface area contributed by atoms with E-state index in [2.05, 4.69) is 40.1 Å². The predicted octanol–water partition coefficient (Wildman–Crippen LogP) is 4.29. The zero-order chi connectivity index (χ0) is 14.5. The van der Waals surface area contributed by atoms with Crippen molar-refractivity contribution in [2.24, 2.45) is 5.92 Å². The average molecular weight is 333 g/mol. The maximum atomic E-state index is 12.1. The molecule has 0 aliphatic carbocycles. The lowest BCUT2D eigenvalue weighted by Gasteiger charge is -2.07.